The van der Waals surface area contributed by atoms with E-state index in [4.69, 9.17) is 4.74 Å². The molecular formula is C23H28FNO2. The lowest BCUT2D eigenvalue weighted by molar-refractivity contribution is -0.117. The van der Waals surface area contributed by atoms with Gasteiger partial charge < -0.3 is 14.4 Å². The third-order valence-corrected chi connectivity index (χ3v) is 5.04. The van der Waals surface area contributed by atoms with E-state index in [1.807, 2.05) is 0 Å². The molecule has 0 N–H and O–H groups in total. The predicted molar refractivity (Wildman–Crippen MR) is 107 cm³/mol. The van der Waals surface area contributed by atoms with Crippen LogP contribution in [0.2, 0.25) is 0 Å². The van der Waals surface area contributed by atoms with Gasteiger partial charge in [0, 0.05) is 18.7 Å². The Balaban J connectivity index is 1.51. The molecule has 0 amide bonds. The zero-order valence-corrected chi connectivity index (χ0v) is 16.0. The average molecular weight is 369 g/mol. The molecule has 2 aromatic rings. The van der Waals surface area contributed by atoms with Gasteiger partial charge in [0.15, 0.2) is 0 Å². The third-order valence-electron chi connectivity index (χ3n) is 5.04. The zero-order chi connectivity index (χ0) is 19.1. The van der Waals surface area contributed by atoms with Gasteiger partial charge in [-0.15, -0.1) is 0 Å². The number of nitrogens with zero attached hydrogens (tertiary/aromatic N) is 1. The molecule has 0 radical (unpaired) electrons. The van der Waals surface area contributed by atoms with Crippen LogP contribution in [-0.2, 0) is 11.2 Å². The molecule has 1 atom stereocenters. The number of aryl methyl sites for hydroxylation is 1. The standard InChI is InChI=1S/C23H28FNO2/c1-18(26)5-2-3-6-19-8-12-21(13-9-19)25-16-4-7-23(17-25)27-22-14-10-20(24)11-15-22/h8-15,23H,2-7,16-17H2,1H3. The molecular weight excluding hydrogens is 341 g/mol. The van der Waals surface area contributed by atoms with Crippen molar-refractivity contribution in [3.05, 3.63) is 59.9 Å². The van der Waals surface area contributed by atoms with Crippen LogP contribution in [0.3, 0.4) is 0 Å². The van der Waals surface area contributed by atoms with Crippen molar-refractivity contribution in [2.75, 3.05) is 18.0 Å². The minimum absolute atomic E-state index is 0.121. The Hall–Kier alpha value is -2.36. The summed E-state index contributed by atoms with van der Waals surface area (Å²) in [5.74, 6) is 0.756. The van der Waals surface area contributed by atoms with E-state index in [1.165, 1.54) is 23.4 Å². The summed E-state index contributed by atoms with van der Waals surface area (Å²) in [5, 5.41) is 0. The molecule has 1 saturated heterocycles. The van der Waals surface area contributed by atoms with Crippen molar-refractivity contribution in [2.24, 2.45) is 0 Å². The van der Waals surface area contributed by atoms with Crippen molar-refractivity contribution >= 4 is 11.5 Å². The van der Waals surface area contributed by atoms with Crippen molar-refractivity contribution < 1.29 is 13.9 Å². The second-order valence-corrected chi connectivity index (χ2v) is 7.36. The molecule has 144 valence electrons. The van der Waals surface area contributed by atoms with Gasteiger partial charge in [0.2, 0.25) is 0 Å². The van der Waals surface area contributed by atoms with Gasteiger partial charge in [-0.3, -0.25) is 0 Å². The quantitative estimate of drug-likeness (QED) is 0.601. The number of hydrogen-bond acceptors (Lipinski definition) is 3. The van der Waals surface area contributed by atoms with Crippen LogP contribution in [0, 0.1) is 5.82 Å². The molecule has 3 rings (SSSR count). The molecule has 0 spiro atoms. The van der Waals surface area contributed by atoms with Crippen LogP contribution in [0.15, 0.2) is 48.5 Å². The van der Waals surface area contributed by atoms with Gasteiger partial charge in [-0.1, -0.05) is 12.1 Å². The van der Waals surface area contributed by atoms with Crippen molar-refractivity contribution in [3.8, 4) is 5.75 Å². The summed E-state index contributed by atoms with van der Waals surface area (Å²) in [5.41, 5.74) is 2.54. The second-order valence-electron chi connectivity index (χ2n) is 7.36. The predicted octanol–water partition coefficient (Wildman–Crippen LogP) is 5.18. The first-order valence-electron chi connectivity index (χ1n) is 9.86. The van der Waals surface area contributed by atoms with E-state index in [-0.39, 0.29) is 17.7 Å². The molecule has 4 heteroatoms. The van der Waals surface area contributed by atoms with Crippen LogP contribution < -0.4 is 9.64 Å². The average Bonchev–Trinajstić information content (AvgIpc) is 2.68. The number of hydrogen-bond donors (Lipinski definition) is 0. The topological polar surface area (TPSA) is 29.5 Å². The van der Waals surface area contributed by atoms with Crippen molar-refractivity contribution in [3.63, 3.8) is 0 Å². The third kappa shape index (κ3) is 6.09. The van der Waals surface area contributed by atoms with Gasteiger partial charge in [0.1, 0.15) is 23.5 Å². The number of unbranched alkanes of at least 4 members (excludes halogenated alkanes) is 1. The lowest BCUT2D eigenvalue weighted by Crippen LogP contribution is -2.41. The highest BCUT2D eigenvalue weighted by atomic mass is 19.1. The number of carbonyl (C=O) groups excluding carboxylic acids is 1. The Morgan fingerprint density at radius 2 is 1.85 bits per heavy atom. The fourth-order valence-electron chi connectivity index (χ4n) is 3.55. The highest BCUT2D eigenvalue weighted by Crippen LogP contribution is 2.24. The van der Waals surface area contributed by atoms with Gasteiger partial charge in [0.25, 0.3) is 0 Å². The molecule has 3 nitrogen and oxygen atoms in total. The lowest BCUT2D eigenvalue weighted by Gasteiger charge is -2.34. The van der Waals surface area contributed by atoms with Crippen LogP contribution in [0.4, 0.5) is 10.1 Å². The molecule has 1 unspecified atom stereocenters. The maximum atomic E-state index is 13.0. The van der Waals surface area contributed by atoms with Crippen molar-refractivity contribution in [2.45, 2.75) is 51.6 Å². The summed E-state index contributed by atoms with van der Waals surface area (Å²) in [7, 11) is 0. The number of rotatable bonds is 8. The minimum atomic E-state index is -0.242. The number of halogens is 1. The summed E-state index contributed by atoms with van der Waals surface area (Å²) in [6.07, 6.45) is 5.93. The molecule has 1 aliphatic heterocycles. The number of Topliss-reactive ketones (excluding diaryl/α,β-unsaturated/α-hetero) is 1. The van der Waals surface area contributed by atoms with Crippen LogP contribution >= 0.6 is 0 Å². The molecule has 1 aliphatic rings. The Labute approximate surface area is 161 Å². The Bertz CT molecular complexity index is 727. The largest absolute Gasteiger partial charge is 0.489 e. The van der Waals surface area contributed by atoms with Crippen LogP contribution in [0.25, 0.3) is 0 Å². The first-order chi connectivity index (χ1) is 13.1. The van der Waals surface area contributed by atoms with E-state index in [0.29, 0.717) is 6.42 Å². The number of anilines is 1. The summed E-state index contributed by atoms with van der Waals surface area (Å²) < 4.78 is 19.1. The summed E-state index contributed by atoms with van der Waals surface area (Å²) >= 11 is 0. The normalized spacial score (nSPS) is 17.0. The lowest BCUT2D eigenvalue weighted by atomic mass is 10.0. The second kappa shape index (κ2) is 9.54. The highest BCUT2D eigenvalue weighted by Gasteiger charge is 2.21. The van der Waals surface area contributed by atoms with E-state index >= 15 is 0 Å². The fourth-order valence-corrected chi connectivity index (χ4v) is 3.55. The first kappa shape index (κ1) is 19.4. The van der Waals surface area contributed by atoms with Crippen molar-refractivity contribution in [1.82, 2.24) is 0 Å². The van der Waals surface area contributed by atoms with Crippen LogP contribution in [0.1, 0.15) is 44.6 Å². The molecule has 1 fully saturated rings. The molecule has 0 aromatic heterocycles. The van der Waals surface area contributed by atoms with Crippen molar-refractivity contribution in [1.29, 1.82) is 0 Å². The smallest absolute Gasteiger partial charge is 0.129 e. The number of ether oxygens (including phenoxy) is 1. The van der Waals surface area contributed by atoms with Crippen LogP contribution in [0.5, 0.6) is 5.75 Å². The zero-order valence-electron chi connectivity index (χ0n) is 16.0. The summed E-state index contributed by atoms with van der Waals surface area (Å²) in [6.45, 7) is 3.52. The van der Waals surface area contributed by atoms with E-state index in [1.54, 1.807) is 19.1 Å². The molecule has 27 heavy (non-hydrogen) atoms. The molecule has 1 heterocycles. The number of carbonyl (C=O) groups is 1. The van der Waals surface area contributed by atoms with Gasteiger partial charge in [-0.2, -0.15) is 0 Å². The molecule has 2 aromatic carbocycles. The summed E-state index contributed by atoms with van der Waals surface area (Å²) in [6, 6.07) is 15.0. The van der Waals surface area contributed by atoms with E-state index < -0.39 is 0 Å². The monoisotopic (exact) mass is 369 g/mol. The van der Waals surface area contributed by atoms with E-state index in [0.717, 1.165) is 50.9 Å². The maximum absolute atomic E-state index is 13.0. The Kier molecular flexibility index (Phi) is 6.86. The number of piperidine rings is 1. The Morgan fingerprint density at radius 3 is 2.56 bits per heavy atom. The van der Waals surface area contributed by atoms with E-state index in [9.17, 15) is 9.18 Å². The van der Waals surface area contributed by atoms with Gasteiger partial charge >= 0.3 is 0 Å². The fraction of sp³-hybridized carbons (Fsp3) is 0.435. The van der Waals surface area contributed by atoms with Gasteiger partial charge in [-0.25, -0.2) is 4.39 Å². The maximum Gasteiger partial charge on any atom is 0.129 e. The highest BCUT2D eigenvalue weighted by molar-refractivity contribution is 5.75. The number of benzene rings is 2. The number of ketones is 1. The van der Waals surface area contributed by atoms with E-state index in [2.05, 4.69) is 29.2 Å². The SMILES string of the molecule is CC(=O)CCCCc1ccc(N2CCCC(Oc3ccc(F)cc3)C2)cc1. The molecule has 0 saturated carbocycles. The Morgan fingerprint density at radius 1 is 1.11 bits per heavy atom. The summed E-state index contributed by atoms with van der Waals surface area (Å²) in [4.78, 5) is 13.4. The van der Waals surface area contributed by atoms with Crippen LogP contribution in [-0.4, -0.2) is 25.0 Å². The van der Waals surface area contributed by atoms with Gasteiger partial charge in [-0.05, 0) is 81.0 Å². The van der Waals surface area contributed by atoms with Gasteiger partial charge in [0.05, 0.1) is 6.54 Å². The minimum Gasteiger partial charge on any atom is -0.489 e. The molecule has 0 aliphatic carbocycles. The first-order valence-corrected chi connectivity index (χ1v) is 9.86. The molecule has 0 bridgehead atoms.